The van der Waals surface area contributed by atoms with Crippen molar-refractivity contribution < 1.29 is 4.79 Å². The van der Waals surface area contributed by atoms with Crippen LogP contribution < -0.4 is 0 Å². The van der Waals surface area contributed by atoms with Crippen LogP contribution in [-0.2, 0) is 7.05 Å². The zero-order valence-corrected chi connectivity index (χ0v) is 6.03. The van der Waals surface area contributed by atoms with Crippen LogP contribution in [0, 0.1) is 0 Å². The predicted molar refractivity (Wildman–Crippen MR) is 35.6 cm³/mol. The van der Waals surface area contributed by atoms with Crippen LogP contribution in [0.4, 0.5) is 0 Å². The maximum absolute atomic E-state index is 10.9. The molecule has 0 spiro atoms. The first-order chi connectivity index (χ1) is 4.74. The summed E-state index contributed by atoms with van der Waals surface area (Å²) in [7, 11) is 1.74. The van der Waals surface area contributed by atoms with Crippen LogP contribution in [0.2, 0.25) is 0 Å². The van der Waals surface area contributed by atoms with Gasteiger partial charge < -0.3 is 0 Å². The van der Waals surface area contributed by atoms with Gasteiger partial charge in [-0.2, -0.15) is 0 Å². The molecule has 0 N–H and O–H groups in total. The number of hydrogen-bond donors (Lipinski definition) is 0. The number of ketones is 1. The van der Waals surface area contributed by atoms with E-state index in [1.165, 1.54) is 11.0 Å². The van der Waals surface area contributed by atoms with Crippen molar-refractivity contribution in [2.45, 2.75) is 13.3 Å². The van der Waals surface area contributed by atoms with Crippen molar-refractivity contribution >= 4 is 5.78 Å². The molecule has 0 radical (unpaired) electrons. The largest absolute Gasteiger partial charge is 0.291 e. The Hall–Kier alpha value is -1.19. The van der Waals surface area contributed by atoms with E-state index < -0.39 is 0 Å². The van der Waals surface area contributed by atoms with Gasteiger partial charge in [-0.15, -0.1) is 5.10 Å². The number of carbonyl (C=O) groups is 1. The van der Waals surface area contributed by atoms with E-state index in [1.54, 1.807) is 14.0 Å². The first-order valence-electron chi connectivity index (χ1n) is 3.13. The van der Waals surface area contributed by atoms with E-state index in [0.29, 0.717) is 12.2 Å². The lowest BCUT2D eigenvalue weighted by Crippen LogP contribution is -2.00. The van der Waals surface area contributed by atoms with Crippen molar-refractivity contribution in [1.82, 2.24) is 14.8 Å². The minimum atomic E-state index is -0.0133. The Morgan fingerprint density at radius 2 is 2.50 bits per heavy atom. The van der Waals surface area contributed by atoms with E-state index in [-0.39, 0.29) is 5.78 Å². The quantitative estimate of drug-likeness (QED) is 0.557. The van der Waals surface area contributed by atoms with E-state index in [4.69, 9.17) is 0 Å². The summed E-state index contributed by atoms with van der Waals surface area (Å²) in [6.07, 6.45) is 1.98. The molecule has 0 amide bonds. The Balaban J connectivity index is 2.85. The number of hydrogen-bond acceptors (Lipinski definition) is 3. The smallest absolute Gasteiger partial charge is 0.217 e. The zero-order chi connectivity index (χ0) is 7.56. The summed E-state index contributed by atoms with van der Waals surface area (Å²) in [6, 6.07) is 0. The Kier molecular flexibility index (Phi) is 1.80. The highest BCUT2D eigenvalue weighted by Crippen LogP contribution is 1.92. The second-order valence-electron chi connectivity index (χ2n) is 2.02. The highest BCUT2D eigenvalue weighted by Gasteiger charge is 2.06. The maximum atomic E-state index is 10.9. The molecule has 0 aromatic carbocycles. The van der Waals surface area contributed by atoms with Crippen LogP contribution in [0.3, 0.4) is 0 Å². The van der Waals surface area contributed by atoms with E-state index in [1.807, 2.05) is 0 Å². The molecule has 0 unspecified atom stereocenters. The molecular weight excluding hydrogens is 130 g/mol. The summed E-state index contributed by atoms with van der Waals surface area (Å²) < 4.78 is 1.52. The van der Waals surface area contributed by atoms with Gasteiger partial charge in [0.15, 0.2) is 0 Å². The number of aryl methyl sites for hydroxylation is 1. The van der Waals surface area contributed by atoms with E-state index in [9.17, 15) is 4.79 Å². The molecule has 1 aromatic rings. The molecule has 0 saturated heterocycles. The molecule has 0 aliphatic heterocycles. The Morgan fingerprint density at radius 3 is 2.90 bits per heavy atom. The van der Waals surface area contributed by atoms with Crippen LogP contribution >= 0.6 is 0 Å². The van der Waals surface area contributed by atoms with Gasteiger partial charge in [0.05, 0.1) is 0 Å². The van der Waals surface area contributed by atoms with Crippen LogP contribution in [0.5, 0.6) is 0 Å². The minimum absolute atomic E-state index is 0.0133. The first-order valence-corrected chi connectivity index (χ1v) is 3.13. The SMILES string of the molecule is CCC(=O)c1ncn(C)n1. The Morgan fingerprint density at radius 1 is 1.80 bits per heavy atom. The topological polar surface area (TPSA) is 47.8 Å². The van der Waals surface area contributed by atoms with Crippen LogP contribution in [0.25, 0.3) is 0 Å². The zero-order valence-electron chi connectivity index (χ0n) is 6.03. The second kappa shape index (κ2) is 2.60. The molecule has 10 heavy (non-hydrogen) atoms. The van der Waals surface area contributed by atoms with Crippen molar-refractivity contribution in [3.05, 3.63) is 12.2 Å². The molecule has 0 bridgehead atoms. The molecule has 0 aliphatic carbocycles. The van der Waals surface area contributed by atoms with Crippen molar-refractivity contribution in [2.75, 3.05) is 0 Å². The predicted octanol–water partition coefficient (Wildman–Crippen LogP) is 0.408. The fraction of sp³-hybridized carbons (Fsp3) is 0.500. The number of carbonyl (C=O) groups excluding carboxylic acids is 1. The average Bonchev–Trinajstić information content (AvgIpc) is 2.34. The summed E-state index contributed by atoms with van der Waals surface area (Å²) >= 11 is 0. The van der Waals surface area contributed by atoms with Crippen LogP contribution in [-0.4, -0.2) is 20.5 Å². The molecule has 54 valence electrons. The lowest BCUT2D eigenvalue weighted by molar-refractivity contribution is 0.0978. The van der Waals surface area contributed by atoms with Gasteiger partial charge in [0.1, 0.15) is 6.33 Å². The lowest BCUT2D eigenvalue weighted by atomic mass is 10.3. The summed E-state index contributed by atoms with van der Waals surface area (Å²) in [6.45, 7) is 1.79. The molecule has 0 atom stereocenters. The molecule has 1 rings (SSSR count). The van der Waals surface area contributed by atoms with Gasteiger partial charge in [-0.25, -0.2) is 4.98 Å². The van der Waals surface area contributed by atoms with Gasteiger partial charge in [-0.05, 0) is 0 Å². The van der Waals surface area contributed by atoms with Crippen LogP contribution in [0.1, 0.15) is 24.0 Å². The summed E-state index contributed by atoms with van der Waals surface area (Å²) in [5, 5.41) is 3.84. The number of rotatable bonds is 2. The first kappa shape index (κ1) is 6.92. The third kappa shape index (κ3) is 1.21. The van der Waals surface area contributed by atoms with Gasteiger partial charge in [0, 0.05) is 13.5 Å². The highest BCUT2D eigenvalue weighted by atomic mass is 16.1. The van der Waals surface area contributed by atoms with Crippen molar-refractivity contribution in [3.63, 3.8) is 0 Å². The molecule has 1 aromatic heterocycles. The minimum Gasteiger partial charge on any atom is -0.291 e. The monoisotopic (exact) mass is 139 g/mol. The summed E-state index contributed by atoms with van der Waals surface area (Å²) in [5.74, 6) is 0.297. The third-order valence-corrected chi connectivity index (χ3v) is 1.17. The molecule has 0 aliphatic rings. The average molecular weight is 139 g/mol. The molecular formula is C6H9N3O. The maximum Gasteiger partial charge on any atom is 0.217 e. The Bertz CT molecular complexity index is 241. The van der Waals surface area contributed by atoms with E-state index >= 15 is 0 Å². The highest BCUT2D eigenvalue weighted by molar-refractivity contribution is 5.91. The summed E-state index contributed by atoms with van der Waals surface area (Å²) in [5.41, 5.74) is 0. The molecule has 1 heterocycles. The number of nitrogens with zero attached hydrogens (tertiary/aromatic N) is 3. The summed E-state index contributed by atoms with van der Waals surface area (Å²) in [4.78, 5) is 14.7. The lowest BCUT2D eigenvalue weighted by Gasteiger charge is -1.85. The van der Waals surface area contributed by atoms with Gasteiger partial charge >= 0.3 is 0 Å². The Labute approximate surface area is 58.9 Å². The molecule has 4 nitrogen and oxygen atoms in total. The van der Waals surface area contributed by atoms with Gasteiger partial charge in [0.2, 0.25) is 11.6 Å². The van der Waals surface area contributed by atoms with Crippen molar-refractivity contribution in [3.8, 4) is 0 Å². The number of Topliss-reactive ketones (excluding diaryl/α,β-unsaturated/α-hetero) is 1. The van der Waals surface area contributed by atoms with Crippen molar-refractivity contribution in [1.29, 1.82) is 0 Å². The molecule has 0 saturated carbocycles. The standard InChI is InChI=1S/C6H9N3O/c1-3-5(10)6-7-4-9(2)8-6/h4H,3H2,1-2H3. The van der Waals surface area contributed by atoms with Crippen molar-refractivity contribution in [2.24, 2.45) is 7.05 Å². The molecule has 4 heteroatoms. The van der Waals surface area contributed by atoms with Gasteiger partial charge in [0.25, 0.3) is 0 Å². The van der Waals surface area contributed by atoms with Crippen LogP contribution in [0.15, 0.2) is 6.33 Å². The second-order valence-corrected chi connectivity index (χ2v) is 2.02. The fourth-order valence-electron chi connectivity index (χ4n) is 0.625. The van der Waals surface area contributed by atoms with E-state index in [2.05, 4.69) is 10.1 Å². The van der Waals surface area contributed by atoms with E-state index in [0.717, 1.165) is 0 Å². The van der Waals surface area contributed by atoms with Gasteiger partial charge in [-0.3, -0.25) is 9.48 Å². The fourth-order valence-corrected chi connectivity index (χ4v) is 0.625. The molecule has 0 fully saturated rings. The normalized spacial score (nSPS) is 9.80. The van der Waals surface area contributed by atoms with Gasteiger partial charge in [-0.1, -0.05) is 6.92 Å². The number of aromatic nitrogens is 3. The third-order valence-electron chi connectivity index (χ3n) is 1.17.